The first-order chi connectivity index (χ1) is 21.4. The number of hydrogen-bond acceptors (Lipinski definition) is 6. The summed E-state index contributed by atoms with van der Waals surface area (Å²) in [5.74, 6) is -0.0558. The van der Waals surface area contributed by atoms with Crippen LogP contribution in [0.1, 0.15) is 52.9 Å². The topological polar surface area (TPSA) is 130 Å². The van der Waals surface area contributed by atoms with E-state index < -0.39 is 17.7 Å². The van der Waals surface area contributed by atoms with Crippen LogP contribution in [0.3, 0.4) is 0 Å². The van der Waals surface area contributed by atoms with Gasteiger partial charge < -0.3 is 19.8 Å². The molecule has 0 spiro atoms. The molecule has 0 radical (unpaired) electrons. The molecule has 0 aliphatic carbocycles. The average molecular weight is 634 g/mol. The Morgan fingerprint density at radius 3 is 2.47 bits per heavy atom. The highest BCUT2D eigenvalue weighted by Crippen LogP contribution is 2.30. The van der Waals surface area contributed by atoms with Gasteiger partial charge in [-0.2, -0.15) is 0 Å². The average Bonchev–Trinajstić information content (AvgIpc) is 3.35. The first-order valence-electron chi connectivity index (χ1n) is 15.0. The molecule has 2 saturated heterocycles. The fourth-order valence-corrected chi connectivity index (χ4v) is 6.69. The molecule has 4 aromatic rings. The van der Waals surface area contributed by atoms with Crippen LogP contribution >= 0.6 is 11.6 Å². The molecule has 0 unspecified atom stereocenters. The van der Waals surface area contributed by atoms with Crippen molar-refractivity contribution in [3.8, 4) is 5.69 Å². The smallest absolute Gasteiger partial charge is 0.407 e. The van der Waals surface area contributed by atoms with Crippen LogP contribution in [0.2, 0.25) is 5.15 Å². The summed E-state index contributed by atoms with van der Waals surface area (Å²) in [7, 11) is 0. The molecule has 4 heterocycles. The molecular formula is C33H36ClN5O6. The Kier molecular flexibility index (Phi) is 8.19. The lowest BCUT2D eigenvalue weighted by Gasteiger charge is -2.38. The summed E-state index contributed by atoms with van der Waals surface area (Å²) >= 11 is 6.61. The highest BCUT2D eigenvalue weighted by molar-refractivity contribution is 6.31. The van der Waals surface area contributed by atoms with Gasteiger partial charge in [0.2, 0.25) is 0 Å². The maximum Gasteiger partial charge on any atom is 0.407 e. The number of aromatic nitrogens is 3. The lowest BCUT2D eigenvalue weighted by molar-refractivity contribution is -0.0465. The zero-order valence-electron chi connectivity index (χ0n) is 25.4. The molecular weight excluding hydrogens is 598 g/mol. The number of carbonyl (C=O) groups excluding carboxylic acids is 1. The van der Waals surface area contributed by atoms with Gasteiger partial charge in [0.25, 0.3) is 11.5 Å². The second kappa shape index (κ2) is 12.0. The SMILES string of the molecule is Cc1ccc(C(=O)N2CCC(O)(Cn3cnc4c(cc(Cl)n4-c4ccc([C@@H]5CO[C@@H](C)CN5C(=O)O)cc4)c3=O)CC2)c(C)c1. The van der Waals surface area contributed by atoms with Crippen LogP contribution in [0, 0.1) is 13.8 Å². The van der Waals surface area contributed by atoms with Gasteiger partial charge in [-0.3, -0.25) is 23.6 Å². The number of aliphatic hydroxyl groups is 1. The van der Waals surface area contributed by atoms with Crippen LogP contribution in [-0.4, -0.2) is 84.1 Å². The Hall–Kier alpha value is -4.19. The largest absolute Gasteiger partial charge is 0.465 e. The third kappa shape index (κ3) is 5.95. The van der Waals surface area contributed by atoms with Gasteiger partial charge in [0.05, 0.1) is 42.8 Å². The standard InChI is InChI=1S/C33H36ClN5O6/c1-20-4-9-25(21(2)14-20)30(40)36-12-10-33(44,11-13-36)18-37-19-35-29-26(31(37)41)15-28(34)39(29)24-7-5-23(6-8-24)27-17-45-22(3)16-38(27)32(42)43/h4-9,14-15,19,22,27,44H,10-13,16-18H2,1-3H3,(H,42,43)/t22-,27-/m0/s1. The fraction of sp³-hybridized carbons (Fsp3) is 0.394. The van der Waals surface area contributed by atoms with Crippen molar-refractivity contribution in [2.75, 3.05) is 26.2 Å². The monoisotopic (exact) mass is 633 g/mol. The molecule has 11 nitrogen and oxygen atoms in total. The fourth-order valence-electron chi connectivity index (χ4n) is 6.40. The van der Waals surface area contributed by atoms with Crippen LogP contribution in [0.4, 0.5) is 4.79 Å². The number of halogens is 1. The van der Waals surface area contributed by atoms with E-state index in [9.17, 15) is 24.6 Å². The van der Waals surface area contributed by atoms with Crippen LogP contribution in [0.15, 0.2) is 59.7 Å². The zero-order valence-corrected chi connectivity index (χ0v) is 26.2. The zero-order chi connectivity index (χ0) is 32.0. The molecule has 2 atom stereocenters. The third-order valence-electron chi connectivity index (χ3n) is 8.95. The summed E-state index contributed by atoms with van der Waals surface area (Å²) in [5.41, 5.74) is 2.99. The highest BCUT2D eigenvalue weighted by Gasteiger charge is 2.36. The minimum atomic E-state index is -1.18. The van der Waals surface area contributed by atoms with E-state index in [1.807, 2.05) is 63.2 Å². The summed E-state index contributed by atoms with van der Waals surface area (Å²) < 4.78 is 8.78. The second-order valence-electron chi connectivity index (χ2n) is 12.2. The number of fused-ring (bicyclic) bond motifs is 1. The minimum absolute atomic E-state index is 0.0417. The number of carbonyl (C=O) groups is 2. The predicted octanol–water partition coefficient (Wildman–Crippen LogP) is 4.56. The summed E-state index contributed by atoms with van der Waals surface area (Å²) in [4.78, 5) is 46.2. The second-order valence-corrected chi connectivity index (χ2v) is 12.6. The number of piperidine rings is 1. The molecule has 2 aliphatic heterocycles. The molecule has 2 amide bonds. The van der Waals surface area contributed by atoms with Gasteiger partial charge in [-0.1, -0.05) is 41.4 Å². The summed E-state index contributed by atoms with van der Waals surface area (Å²) in [6.45, 7) is 7.09. The normalized spacial score (nSPS) is 20.0. The van der Waals surface area contributed by atoms with Crippen molar-refractivity contribution >= 4 is 34.6 Å². The van der Waals surface area contributed by atoms with Crippen LogP contribution in [-0.2, 0) is 11.3 Å². The number of carboxylic acid groups (broad SMARTS) is 1. The van der Waals surface area contributed by atoms with Gasteiger partial charge in [0.1, 0.15) is 11.5 Å². The highest BCUT2D eigenvalue weighted by atomic mass is 35.5. The van der Waals surface area contributed by atoms with Crippen LogP contribution < -0.4 is 5.56 Å². The van der Waals surface area contributed by atoms with Crippen molar-refractivity contribution in [1.82, 2.24) is 23.9 Å². The minimum Gasteiger partial charge on any atom is -0.465 e. The lowest BCUT2D eigenvalue weighted by atomic mass is 9.90. The first-order valence-corrected chi connectivity index (χ1v) is 15.4. The number of likely N-dealkylation sites (tertiary alicyclic amines) is 1. The summed E-state index contributed by atoms with van der Waals surface area (Å²) in [5, 5.41) is 21.7. The number of morpholine rings is 1. The predicted molar refractivity (Wildman–Crippen MR) is 169 cm³/mol. The Labute approximate surface area is 265 Å². The van der Waals surface area contributed by atoms with E-state index in [-0.39, 0.29) is 37.3 Å². The number of rotatable bonds is 5. The molecule has 2 aromatic carbocycles. The molecule has 236 valence electrons. The van der Waals surface area contributed by atoms with Crippen LogP contribution in [0.5, 0.6) is 0 Å². The molecule has 0 saturated carbocycles. The van der Waals surface area contributed by atoms with Gasteiger partial charge in [-0.05, 0) is 69.0 Å². The molecule has 12 heteroatoms. The van der Waals surface area contributed by atoms with E-state index in [4.69, 9.17) is 16.3 Å². The van der Waals surface area contributed by atoms with E-state index in [0.29, 0.717) is 53.4 Å². The van der Waals surface area contributed by atoms with Crippen molar-refractivity contribution in [2.45, 2.75) is 57.9 Å². The number of nitrogens with zero attached hydrogens (tertiary/aromatic N) is 5. The van der Waals surface area contributed by atoms with E-state index in [1.165, 1.54) is 15.8 Å². The number of ether oxygens (including phenoxy) is 1. The van der Waals surface area contributed by atoms with Crippen molar-refractivity contribution in [2.24, 2.45) is 0 Å². The third-order valence-corrected chi connectivity index (χ3v) is 9.23. The number of benzene rings is 2. The van der Waals surface area contributed by atoms with Gasteiger partial charge in [0, 0.05) is 24.3 Å². The Balaban J connectivity index is 1.19. The van der Waals surface area contributed by atoms with Gasteiger partial charge in [-0.25, -0.2) is 9.78 Å². The molecule has 2 fully saturated rings. The molecule has 0 bridgehead atoms. The molecule has 2 aromatic heterocycles. The number of hydrogen-bond donors (Lipinski definition) is 2. The molecule has 45 heavy (non-hydrogen) atoms. The molecule has 2 aliphatic rings. The van der Waals surface area contributed by atoms with Gasteiger partial charge in [0.15, 0.2) is 5.65 Å². The van der Waals surface area contributed by atoms with E-state index in [0.717, 1.165) is 16.7 Å². The van der Waals surface area contributed by atoms with Gasteiger partial charge >= 0.3 is 6.09 Å². The van der Waals surface area contributed by atoms with Crippen LogP contribution in [0.25, 0.3) is 16.7 Å². The molecule has 6 rings (SSSR count). The summed E-state index contributed by atoms with van der Waals surface area (Å²) in [6, 6.07) is 14.2. The van der Waals surface area contributed by atoms with E-state index in [2.05, 4.69) is 4.98 Å². The summed E-state index contributed by atoms with van der Waals surface area (Å²) in [6.07, 6.45) is 0.893. The first kappa shape index (κ1) is 30.8. The quantitative estimate of drug-likeness (QED) is 0.329. The maximum absolute atomic E-state index is 13.6. The Morgan fingerprint density at radius 1 is 1.09 bits per heavy atom. The molecule has 2 N–H and O–H groups in total. The van der Waals surface area contributed by atoms with Crippen molar-refractivity contribution in [1.29, 1.82) is 0 Å². The Bertz CT molecular complexity index is 1830. The van der Waals surface area contributed by atoms with Crippen molar-refractivity contribution in [3.63, 3.8) is 0 Å². The number of aryl methyl sites for hydroxylation is 2. The maximum atomic E-state index is 13.6. The van der Waals surface area contributed by atoms with E-state index in [1.54, 1.807) is 15.5 Å². The number of amides is 2. The Morgan fingerprint density at radius 2 is 1.80 bits per heavy atom. The lowest BCUT2D eigenvalue weighted by Crippen LogP contribution is -2.49. The van der Waals surface area contributed by atoms with Gasteiger partial charge in [-0.15, -0.1) is 0 Å². The van der Waals surface area contributed by atoms with E-state index >= 15 is 0 Å². The van der Waals surface area contributed by atoms with Crippen molar-refractivity contribution in [3.05, 3.63) is 92.6 Å². The van der Waals surface area contributed by atoms with Crippen molar-refractivity contribution < 1.29 is 24.5 Å².